The van der Waals surface area contributed by atoms with E-state index in [1.807, 2.05) is 6.07 Å². The normalized spacial score (nSPS) is 17.0. The summed E-state index contributed by atoms with van der Waals surface area (Å²) in [5.41, 5.74) is 0.768. The molecule has 0 bridgehead atoms. The summed E-state index contributed by atoms with van der Waals surface area (Å²) in [6, 6.07) is 7.67. The molecule has 2 heterocycles. The number of hydrogen-bond acceptors (Lipinski definition) is 7. The number of carboxylic acids is 1. The molecule has 228 valence electrons. The average molecular weight is 574 g/mol. The van der Waals surface area contributed by atoms with E-state index in [9.17, 15) is 24.3 Å². The smallest absolute Gasteiger partial charge is 0.408 e. The van der Waals surface area contributed by atoms with Gasteiger partial charge in [0.1, 0.15) is 12.6 Å². The van der Waals surface area contributed by atoms with Crippen LogP contribution < -0.4 is 26.6 Å². The van der Waals surface area contributed by atoms with Crippen molar-refractivity contribution in [3.05, 3.63) is 35.9 Å². The molecule has 3 rings (SSSR count). The Morgan fingerprint density at radius 2 is 1.46 bits per heavy atom. The van der Waals surface area contributed by atoms with E-state index in [4.69, 9.17) is 4.74 Å². The SMILES string of the molecule is O=C(CCNC(=O)C(CCC1CCNCC1)CCC1CCNCC1)NC[C@H](NC(=O)OCc1ccccc1)C(=O)O. The number of rotatable bonds is 16. The van der Waals surface area contributed by atoms with Crippen molar-refractivity contribution >= 4 is 23.9 Å². The van der Waals surface area contributed by atoms with Crippen LogP contribution in [0.1, 0.15) is 63.4 Å². The highest BCUT2D eigenvalue weighted by Gasteiger charge is 2.24. The molecule has 11 nitrogen and oxygen atoms in total. The fourth-order valence-electron chi connectivity index (χ4n) is 5.48. The molecule has 2 saturated heterocycles. The Kier molecular flexibility index (Phi) is 14.4. The van der Waals surface area contributed by atoms with Crippen LogP contribution in [0.15, 0.2) is 30.3 Å². The van der Waals surface area contributed by atoms with Crippen LogP contribution in [-0.2, 0) is 25.7 Å². The van der Waals surface area contributed by atoms with Gasteiger partial charge in [-0.15, -0.1) is 0 Å². The summed E-state index contributed by atoms with van der Waals surface area (Å²) in [5, 5.41) is 23.9. The van der Waals surface area contributed by atoms with E-state index in [0.29, 0.717) is 11.8 Å². The number of piperidine rings is 2. The number of alkyl carbamates (subject to hydrolysis) is 1. The molecule has 0 aliphatic carbocycles. The van der Waals surface area contributed by atoms with E-state index in [2.05, 4.69) is 26.6 Å². The van der Waals surface area contributed by atoms with Crippen molar-refractivity contribution in [1.29, 1.82) is 0 Å². The highest BCUT2D eigenvalue weighted by Crippen LogP contribution is 2.26. The molecule has 2 fully saturated rings. The van der Waals surface area contributed by atoms with Gasteiger partial charge in [-0.05, 0) is 94.9 Å². The average Bonchev–Trinajstić information content (AvgIpc) is 2.99. The predicted octanol–water partition coefficient (Wildman–Crippen LogP) is 2.16. The largest absolute Gasteiger partial charge is 0.480 e. The van der Waals surface area contributed by atoms with E-state index in [1.54, 1.807) is 24.3 Å². The highest BCUT2D eigenvalue weighted by atomic mass is 16.5. The minimum atomic E-state index is -1.34. The first-order valence-corrected chi connectivity index (χ1v) is 15.1. The first-order valence-electron chi connectivity index (χ1n) is 15.1. The summed E-state index contributed by atoms with van der Waals surface area (Å²) in [6.45, 7) is 4.04. The topological polar surface area (TPSA) is 158 Å². The van der Waals surface area contributed by atoms with Crippen molar-refractivity contribution in [2.75, 3.05) is 39.3 Å². The molecule has 3 amide bonds. The fourth-order valence-corrected chi connectivity index (χ4v) is 5.48. The summed E-state index contributed by atoms with van der Waals surface area (Å²) in [6.07, 6.45) is 7.56. The molecular formula is C30H47N5O6. The van der Waals surface area contributed by atoms with Crippen molar-refractivity contribution in [3.63, 3.8) is 0 Å². The maximum absolute atomic E-state index is 13.1. The lowest BCUT2D eigenvalue weighted by Crippen LogP contribution is -2.48. The molecule has 0 unspecified atom stereocenters. The number of nitrogens with one attached hydrogen (secondary N) is 5. The Labute approximate surface area is 242 Å². The van der Waals surface area contributed by atoms with Gasteiger partial charge < -0.3 is 36.4 Å². The zero-order chi connectivity index (χ0) is 29.3. The minimum Gasteiger partial charge on any atom is -0.480 e. The van der Waals surface area contributed by atoms with Gasteiger partial charge in [-0.3, -0.25) is 9.59 Å². The molecule has 41 heavy (non-hydrogen) atoms. The van der Waals surface area contributed by atoms with E-state index in [-0.39, 0.29) is 37.9 Å². The lowest BCUT2D eigenvalue weighted by molar-refractivity contribution is -0.139. The van der Waals surface area contributed by atoms with Crippen molar-refractivity contribution in [2.45, 2.75) is 70.4 Å². The number of amides is 3. The summed E-state index contributed by atoms with van der Waals surface area (Å²) in [7, 11) is 0. The molecule has 0 aromatic heterocycles. The standard InChI is InChI=1S/C30H47N5O6/c36-27(34-20-26(29(38)39)35-30(40)41-21-24-4-2-1-3-5-24)14-19-33-28(37)25(8-6-22-10-15-31-16-11-22)9-7-23-12-17-32-18-13-23/h1-5,22-23,25-26,31-32H,6-21H2,(H,33,37)(H,34,36)(H,35,40)(H,38,39)/t26-/m0/s1. The molecular weight excluding hydrogens is 526 g/mol. The van der Waals surface area contributed by atoms with Crippen molar-refractivity contribution < 1.29 is 29.0 Å². The van der Waals surface area contributed by atoms with Crippen LogP contribution >= 0.6 is 0 Å². The number of aliphatic carboxylic acids is 1. The summed E-state index contributed by atoms with van der Waals surface area (Å²) >= 11 is 0. The van der Waals surface area contributed by atoms with E-state index in [0.717, 1.165) is 83.1 Å². The maximum atomic E-state index is 13.1. The predicted molar refractivity (Wildman–Crippen MR) is 155 cm³/mol. The maximum Gasteiger partial charge on any atom is 0.408 e. The molecule has 2 aliphatic heterocycles. The number of carbonyl (C=O) groups is 4. The third-order valence-corrected chi connectivity index (χ3v) is 8.09. The first-order chi connectivity index (χ1) is 19.9. The molecule has 6 N–H and O–H groups in total. The van der Waals surface area contributed by atoms with Gasteiger partial charge in [0, 0.05) is 25.4 Å². The van der Waals surface area contributed by atoms with Crippen molar-refractivity contribution in [1.82, 2.24) is 26.6 Å². The Balaban J connectivity index is 1.37. The minimum absolute atomic E-state index is 0.00178. The lowest BCUT2D eigenvalue weighted by Gasteiger charge is -2.27. The molecule has 2 aliphatic rings. The first kappa shape index (κ1) is 32.3. The molecule has 1 aromatic carbocycles. The Morgan fingerprint density at radius 1 is 0.878 bits per heavy atom. The lowest BCUT2D eigenvalue weighted by atomic mass is 9.84. The van der Waals surface area contributed by atoms with Gasteiger partial charge in [0.15, 0.2) is 0 Å². The molecule has 0 radical (unpaired) electrons. The highest BCUT2D eigenvalue weighted by molar-refractivity contribution is 5.82. The van der Waals surface area contributed by atoms with Crippen LogP contribution in [0.5, 0.6) is 0 Å². The molecule has 1 aromatic rings. The zero-order valence-corrected chi connectivity index (χ0v) is 24.0. The monoisotopic (exact) mass is 573 g/mol. The van der Waals surface area contributed by atoms with Gasteiger partial charge in [-0.2, -0.15) is 0 Å². The summed E-state index contributed by atoms with van der Waals surface area (Å²) < 4.78 is 5.07. The molecule has 1 atom stereocenters. The molecule has 11 heteroatoms. The van der Waals surface area contributed by atoms with Gasteiger partial charge in [-0.25, -0.2) is 9.59 Å². The van der Waals surface area contributed by atoms with Gasteiger partial charge in [0.05, 0.1) is 0 Å². The number of benzene rings is 1. The van der Waals surface area contributed by atoms with E-state index < -0.39 is 24.0 Å². The number of hydrogen-bond donors (Lipinski definition) is 6. The van der Waals surface area contributed by atoms with Crippen LogP contribution in [0.25, 0.3) is 0 Å². The number of carbonyl (C=O) groups excluding carboxylic acids is 3. The Hall–Kier alpha value is -3.18. The van der Waals surface area contributed by atoms with Crippen LogP contribution in [0.4, 0.5) is 4.79 Å². The van der Waals surface area contributed by atoms with Gasteiger partial charge >= 0.3 is 12.1 Å². The second-order valence-electron chi connectivity index (χ2n) is 11.2. The second-order valence-corrected chi connectivity index (χ2v) is 11.2. The summed E-state index contributed by atoms with van der Waals surface area (Å²) in [4.78, 5) is 49.1. The third-order valence-electron chi connectivity index (χ3n) is 8.09. The second kappa shape index (κ2) is 18.3. The van der Waals surface area contributed by atoms with Crippen LogP contribution in [-0.4, -0.2) is 74.3 Å². The van der Waals surface area contributed by atoms with Crippen LogP contribution in [0, 0.1) is 17.8 Å². The Morgan fingerprint density at radius 3 is 2.02 bits per heavy atom. The molecule has 0 saturated carbocycles. The van der Waals surface area contributed by atoms with Crippen LogP contribution in [0.2, 0.25) is 0 Å². The van der Waals surface area contributed by atoms with Gasteiger partial charge in [0.2, 0.25) is 11.8 Å². The van der Waals surface area contributed by atoms with E-state index >= 15 is 0 Å². The Bertz CT molecular complexity index is 928. The number of carboxylic acid groups (broad SMARTS) is 1. The van der Waals surface area contributed by atoms with Gasteiger partial charge in [0.25, 0.3) is 0 Å². The van der Waals surface area contributed by atoms with Gasteiger partial charge in [-0.1, -0.05) is 30.3 Å². The zero-order valence-electron chi connectivity index (χ0n) is 24.0. The fraction of sp³-hybridized carbons (Fsp3) is 0.667. The van der Waals surface area contributed by atoms with Crippen LogP contribution in [0.3, 0.4) is 0 Å². The molecule has 0 spiro atoms. The van der Waals surface area contributed by atoms with Crippen molar-refractivity contribution in [3.8, 4) is 0 Å². The quantitative estimate of drug-likeness (QED) is 0.176. The summed E-state index contributed by atoms with van der Waals surface area (Å²) in [5.74, 6) is -0.458. The van der Waals surface area contributed by atoms with Crippen molar-refractivity contribution in [2.24, 2.45) is 17.8 Å². The van der Waals surface area contributed by atoms with E-state index in [1.165, 1.54) is 0 Å². The number of ether oxygens (including phenoxy) is 1. The third kappa shape index (κ3) is 12.9.